The Kier molecular flexibility index (Phi) is 6.91. The van der Waals surface area contributed by atoms with Gasteiger partial charge in [-0.1, -0.05) is 60.1 Å². The van der Waals surface area contributed by atoms with E-state index in [4.69, 9.17) is 16.3 Å². The van der Waals surface area contributed by atoms with Crippen LogP contribution in [0.4, 0.5) is 5.69 Å². The molecular weight excluding hydrogens is 384 g/mol. The van der Waals surface area contributed by atoms with E-state index in [1.807, 2.05) is 86.6 Å². The molecule has 0 bridgehead atoms. The second-order valence-electron chi connectivity index (χ2n) is 6.98. The van der Waals surface area contributed by atoms with Crippen LogP contribution in [0.3, 0.4) is 0 Å². The van der Waals surface area contributed by atoms with Crippen LogP contribution in [-0.4, -0.2) is 13.0 Å². The van der Waals surface area contributed by atoms with Gasteiger partial charge in [-0.2, -0.15) is 0 Å². The van der Waals surface area contributed by atoms with Crippen LogP contribution in [0, 0.1) is 6.92 Å². The van der Waals surface area contributed by atoms with Crippen LogP contribution in [0.5, 0.6) is 5.75 Å². The Morgan fingerprint density at radius 1 is 0.966 bits per heavy atom. The summed E-state index contributed by atoms with van der Waals surface area (Å²) in [6.45, 7) is 3.99. The number of methoxy groups -OCH3 is 1. The van der Waals surface area contributed by atoms with Crippen LogP contribution >= 0.6 is 11.6 Å². The number of anilines is 1. The monoisotopic (exact) mass is 408 g/mol. The average Bonchev–Trinajstić information content (AvgIpc) is 2.72. The number of halogens is 1. The van der Waals surface area contributed by atoms with Crippen molar-refractivity contribution >= 4 is 23.2 Å². The first kappa shape index (κ1) is 20.9. The third-order valence-electron chi connectivity index (χ3n) is 4.77. The molecule has 0 fully saturated rings. The Morgan fingerprint density at radius 2 is 1.69 bits per heavy atom. The van der Waals surface area contributed by atoms with Crippen molar-refractivity contribution in [2.75, 3.05) is 12.4 Å². The maximum absolute atomic E-state index is 13.3. The molecule has 4 nitrogen and oxygen atoms in total. The first-order valence-electron chi connectivity index (χ1n) is 9.50. The third kappa shape index (κ3) is 5.37. The molecule has 0 radical (unpaired) electrons. The lowest BCUT2D eigenvalue weighted by Gasteiger charge is -2.24. The molecule has 5 heteroatoms. The van der Waals surface area contributed by atoms with Gasteiger partial charge in [0.15, 0.2) is 0 Å². The minimum atomic E-state index is -0.546. The van der Waals surface area contributed by atoms with Crippen LogP contribution in [0.15, 0.2) is 72.8 Å². The Bertz CT molecular complexity index is 976. The number of hydrogen-bond donors (Lipinski definition) is 2. The van der Waals surface area contributed by atoms with Crippen LogP contribution in [0.2, 0.25) is 5.02 Å². The maximum atomic E-state index is 13.3. The fourth-order valence-corrected chi connectivity index (χ4v) is 3.41. The van der Waals surface area contributed by atoms with Gasteiger partial charge in [-0.25, -0.2) is 0 Å². The molecule has 0 aliphatic heterocycles. The number of hydrogen-bond acceptors (Lipinski definition) is 3. The molecule has 150 valence electrons. The van der Waals surface area contributed by atoms with E-state index in [0.717, 1.165) is 16.7 Å². The van der Waals surface area contributed by atoms with E-state index in [1.165, 1.54) is 0 Å². The molecule has 0 spiro atoms. The lowest BCUT2D eigenvalue weighted by atomic mass is 10.0. The fourth-order valence-electron chi connectivity index (χ4n) is 3.22. The number of carbonyl (C=O) groups is 1. The highest BCUT2D eigenvalue weighted by atomic mass is 35.5. The molecule has 3 aromatic carbocycles. The van der Waals surface area contributed by atoms with Crippen LogP contribution in [0.25, 0.3) is 0 Å². The normalized spacial score (nSPS) is 12.8. The van der Waals surface area contributed by atoms with Crippen molar-refractivity contribution < 1.29 is 9.53 Å². The number of aryl methyl sites for hydroxylation is 1. The first-order chi connectivity index (χ1) is 14.0. The average molecular weight is 409 g/mol. The SMILES string of the molecule is COc1ccc(C)cc1NC(=O)[C@@H](N[C@H](C)c1cccc(Cl)c1)c1ccccc1. The number of carbonyl (C=O) groups excluding carboxylic acids is 1. The van der Waals surface area contributed by atoms with Crippen molar-refractivity contribution in [3.8, 4) is 5.75 Å². The Labute approximate surface area is 176 Å². The van der Waals surface area contributed by atoms with E-state index < -0.39 is 6.04 Å². The summed E-state index contributed by atoms with van der Waals surface area (Å²) in [5, 5.41) is 7.12. The number of benzene rings is 3. The van der Waals surface area contributed by atoms with Crippen molar-refractivity contribution in [3.05, 3.63) is 94.5 Å². The van der Waals surface area contributed by atoms with E-state index in [-0.39, 0.29) is 11.9 Å². The zero-order valence-electron chi connectivity index (χ0n) is 16.8. The molecule has 0 aromatic heterocycles. The Hall–Kier alpha value is -2.82. The lowest BCUT2D eigenvalue weighted by molar-refractivity contribution is -0.118. The van der Waals surface area contributed by atoms with Crippen molar-refractivity contribution in [3.63, 3.8) is 0 Å². The van der Waals surface area contributed by atoms with Crippen LogP contribution in [-0.2, 0) is 4.79 Å². The number of nitrogens with one attached hydrogen (secondary N) is 2. The van der Waals surface area contributed by atoms with Gasteiger partial charge in [0.2, 0.25) is 5.91 Å². The molecule has 0 saturated carbocycles. The second-order valence-corrected chi connectivity index (χ2v) is 7.42. The summed E-state index contributed by atoms with van der Waals surface area (Å²) in [6.07, 6.45) is 0. The summed E-state index contributed by atoms with van der Waals surface area (Å²) in [5.74, 6) is 0.465. The summed E-state index contributed by atoms with van der Waals surface area (Å²) >= 11 is 6.14. The van der Waals surface area contributed by atoms with E-state index in [0.29, 0.717) is 16.5 Å². The quantitative estimate of drug-likeness (QED) is 0.528. The summed E-state index contributed by atoms with van der Waals surface area (Å²) in [6, 6.07) is 22.4. The third-order valence-corrected chi connectivity index (χ3v) is 5.01. The van der Waals surface area contributed by atoms with Gasteiger partial charge in [0.25, 0.3) is 0 Å². The van der Waals surface area contributed by atoms with Gasteiger partial charge in [-0.3, -0.25) is 10.1 Å². The molecule has 3 rings (SSSR count). The Morgan fingerprint density at radius 3 is 2.38 bits per heavy atom. The molecule has 0 unspecified atom stereocenters. The first-order valence-corrected chi connectivity index (χ1v) is 9.87. The van der Waals surface area contributed by atoms with Crippen molar-refractivity contribution in [1.82, 2.24) is 5.32 Å². The van der Waals surface area contributed by atoms with E-state index in [2.05, 4.69) is 10.6 Å². The topological polar surface area (TPSA) is 50.4 Å². The molecule has 2 N–H and O–H groups in total. The highest BCUT2D eigenvalue weighted by Crippen LogP contribution is 2.28. The van der Waals surface area contributed by atoms with Gasteiger partial charge in [0, 0.05) is 11.1 Å². The summed E-state index contributed by atoms with van der Waals surface area (Å²) in [5.41, 5.74) is 3.58. The number of ether oxygens (including phenoxy) is 1. The highest BCUT2D eigenvalue weighted by molar-refractivity contribution is 6.30. The van der Waals surface area contributed by atoms with E-state index in [9.17, 15) is 4.79 Å². The van der Waals surface area contributed by atoms with Gasteiger partial charge in [-0.05, 0) is 54.8 Å². The standard InChI is InChI=1S/C24H25ClN2O2/c1-16-12-13-22(29-3)21(14-16)27-24(28)23(18-8-5-4-6-9-18)26-17(2)19-10-7-11-20(25)15-19/h4-15,17,23,26H,1-3H3,(H,27,28)/t17-,23+/m1/s1. The molecule has 0 aliphatic rings. The number of rotatable bonds is 7. The van der Waals surface area contributed by atoms with Crippen molar-refractivity contribution in [1.29, 1.82) is 0 Å². The largest absolute Gasteiger partial charge is 0.495 e. The predicted molar refractivity (Wildman–Crippen MR) is 119 cm³/mol. The van der Waals surface area contributed by atoms with Gasteiger partial charge >= 0.3 is 0 Å². The van der Waals surface area contributed by atoms with E-state index >= 15 is 0 Å². The zero-order valence-corrected chi connectivity index (χ0v) is 17.5. The van der Waals surface area contributed by atoms with Crippen molar-refractivity contribution in [2.45, 2.75) is 25.9 Å². The zero-order chi connectivity index (χ0) is 20.8. The van der Waals surface area contributed by atoms with Crippen LogP contribution in [0.1, 0.15) is 35.7 Å². The second kappa shape index (κ2) is 9.59. The van der Waals surface area contributed by atoms with Gasteiger partial charge in [0.1, 0.15) is 11.8 Å². The summed E-state index contributed by atoms with van der Waals surface area (Å²) in [7, 11) is 1.59. The van der Waals surface area contributed by atoms with Crippen LogP contribution < -0.4 is 15.4 Å². The van der Waals surface area contributed by atoms with Gasteiger partial charge in [-0.15, -0.1) is 0 Å². The molecule has 2 atom stereocenters. The van der Waals surface area contributed by atoms with Gasteiger partial charge in [0.05, 0.1) is 12.8 Å². The fraction of sp³-hybridized carbons (Fsp3) is 0.208. The minimum absolute atomic E-state index is 0.0796. The molecular formula is C24H25ClN2O2. The molecule has 0 heterocycles. The minimum Gasteiger partial charge on any atom is -0.495 e. The summed E-state index contributed by atoms with van der Waals surface area (Å²) < 4.78 is 5.40. The highest BCUT2D eigenvalue weighted by Gasteiger charge is 2.24. The smallest absolute Gasteiger partial charge is 0.246 e. The summed E-state index contributed by atoms with van der Waals surface area (Å²) in [4.78, 5) is 13.3. The molecule has 1 amide bonds. The Balaban J connectivity index is 1.88. The lowest BCUT2D eigenvalue weighted by Crippen LogP contribution is -2.34. The molecule has 3 aromatic rings. The molecule has 29 heavy (non-hydrogen) atoms. The molecule has 0 saturated heterocycles. The maximum Gasteiger partial charge on any atom is 0.246 e. The van der Waals surface area contributed by atoms with Crippen molar-refractivity contribution in [2.24, 2.45) is 0 Å². The van der Waals surface area contributed by atoms with Gasteiger partial charge < -0.3 is 10.1 Å². The predicted octanol–water partition coefficient (Wildman–Crippen LogP) is 5.69. The number of amides is 1. The molecule has 0 aliphatic carbocycles. The van der Waals surface area contributed by atoms with E-state index in [1.54, 1.807) is 7.11 Å².